The number of hydrogen-bond acceptors (Lipinski definition) is 9. The summed E-state index contributed by atoms with van der Waals surface area (Å²) >= 11 is 4.44. The van der Waals surface area contributed by atoms with Gasteiger partial charge in [0.1, 0.15) is 0 Å². The van der Waals surface area contributed by atoms with Gasteiger partial charge in [-0.15, -0.1) is 10.2 Å². The first-order valence-electron chi connectivity index (χ1n) is 8.34. The molecule has 0 spiro atoms. The highest BCUT2D eigenvalue weighted by molar-refractivity contribution is 9.10. The predicted molar refractivity (Wildman–Crippen MR) is 118 cm³/mol. The average Bonchev–Trinajstić information content (AvgIpc) is 3.06. The minimum atomic E-state index is -0.533. The van der Waals surface area contributed by atoms with Crippen LogP contribution in [0.25, 0.3) is 0 Å². The Morgan fingerprint density at radius 1 is 1.30 bits per heavy atom. The number of anilines is 2. The number of rotatable bonds is 8. The summed E-state index contributed by atoms with van der Waals surface area (Å²) in [6.45, 7) is 0. The van der Waals surface area contributed by atoms with Gasteiger partial charge in [0.25, 0.3) is 11.6 Å². The van der Waals surface area contributed by atoms with Crippen LogP contribution in [-0.4, -0.2) is 37.7 Å². The summed E-state index contributed by atoms with van der Waals surface area (Å²) in [6, 6.07) is 13.2. The largest absolute Gasteiger partial charge is 0.334 e. The number of aromatic nitrogens is 3. The van der Waals surface area contributed by atoms with Gasteiger partial charge in [-0.05, 0) is 23.8 Å². The molecule has 0 unspecified atom stereocenters. The number of hydrazone groups is 1. The average molecular weight is 491 g/mol. The van der Waals surface area contributed by atoms with Gasteiger partial charge < -0.3 is 11.2 Å². The number of nitrogen functional groups attached to an aromatic ring is 1. The molecule has 0 radical (unpaired) electrons. The van der Waals surface area contributed by atoms with Crippen LogP contribution in [-0.2, 0) is 4.79 Å². The van der Waals surface area contributed by atoms with Crippen LogP contribution >= 0.6 is 27.7 Å². The highest BCUT2D eigenvalue weighted by atomic mass is 79.9. The third-order valence-electron chi connectivity index (χ3n) is 3.56. The molecule has 1 aromatic heterocycles. The fourth-order valence-electron chi connectivity index (χ4n) is 2.23. The van der Waals surface area contributed by atoms with Crippen LogP contribution in [0, 0.1) is 10.1 Å². The number of nitrogens with one attached hydrogen (secondary N) is 2. The van der Waals surface area contributed by atoms with Crippen LogP contribution in [0.15, 0.2) is 63.3 Å². The van der Waals surface area contributed by atoms with E-state index in [4.69, 9.17) is 5.84 Å². The minimum absolute atomic E-state index is 0.0145. The van der Waals surface area contributed by atoms with Crippen LogP contribution in [0.5, 0.6) is 0 Å². The summed E-state index contributed by atoms with van der Waals surface area (Å²) in [6.07, 6.45) is 1.60. The molecular formula is C17H15BrN8O3S. The highest BCUT2D eigenvalue weighted by Gasteiger charge is 2.13. The predicted octanol–water partition coefficient (Wildman–Crippen LogP) is 2.84. The molecule has 1 amide bonds. The summed E-state index contributed by atoms with van der Waals surface area (Å²) in [5.41, 5.74) is 3.77. The second-order valence-corrected chi connectivity index (χ2v) is 7.60. The Labute approximate surface area is 183 Å². The maximum Gasteiger partial charge on any atom is 0.271 e. The molecule has 0 saturated carbocycles. The van der Waals surface area contributed by atoms with Crippen LogP contribution in [0.3, 0.4) is 0 Å². The minimum Gasteiger partial charge on any atom is -0.334 e. The van der Waals surface area contributed by atoms with Gasteiger partial charge in [-0.3, -0.25) is 14.9 Å². The van der Waals surface area contributed by atoms with Crippen molar-refractivity contribution < 1.29 is 9.72 Å². The number of carbonyl (C=O) groups excluding carboxylic acids is 1. The van der Waals surface area contributed by atoms with Gasteiger partial charge in [0.2, 0.25) is 11.1 Å². The molecule has 0 saturated heterocycles. The molecule has 3 aromatic rings. The van der Waals surface area contributed by atoms with Gasteiger partial charge >= 0.3 is 0 Å². The highest BCUT2D eigenvalue weighted by Crippen LogP contribution is 2.19. The Morgan fingerprint density at radius 3 is 2.87 bits per heavy atom. The standard InChI is InChI=1S/C17H15BrN8O3S/c18-12-4-1-3-11(7-12)9-20-22-16-23-24-17(25(16)19)30-10-15(27)21-13-5-2-6-14(8-13)26(28)29/h1-9H,10,19H2,(H,21,27)(H,22,23)/b20-9+. The third kappa shape index (κ3) is 5.78. The fraction of sp³-hybridized carbons (Fsp3) is 0.0588. The van der Waals surface area contributed by atoms with Crippen molar-refractivity contribution in [1.29, 1.82) is 0 Å². The number of non-ortho nitro benzene ring substituents is 1. The van der Waals surface area contributed by atoms with Crippen molar-refractivity contribution in [3.8, 4) is 0 Å². The number of carbonyl (C=O) groups is 1. The molecule has 1 heterocycles. The van der Waals surface area contributed by atoms with Crippen molar-refractivity contribution in [2.45, 2.75) is 5.16 Å². The molecule has 0 atom stereocenters. The van der Waals surface area contributed by atoms with E-state index in [0.717, 1.165) is 21.8 Å². The van der Waals surface area contributed by atoms with E-state index in [-0.39, 0.29) is 23.3 Å². The monoisotopic (exact) mass is 490 g/mol. The molecule has 3 rings (SSSR count). The van der Waals surface area contributed by atoms with E-state index in [1.165, 1.54) is 22.9 Å². The molecule has 0 bridgehead atoms. The second-order valence-electron chi connectivity index (χ2n) is 5.75. The van der Waals surface area contributed by atoms with E-state index in [1.54, 1.807) is 12.3 Å². The zero-order valence-corrected chi connectivity index (χ0v) is 17.6. The summed E-state index contributed by atoms with van der Waals surface area (Å²) < 4.78 is 2.10. The lowest BCUT2D eigenvalue weighted by molar-refractivity contribution is -0.384. The van der Waals surface area contributed by atoms with Crippen LogP contribution in [0.1, 0.15) is 5.56 Å². The number of nitro groups is 1. The molecule has 11 nitrogen and oxygen atoms in total. The van der Waals surface area contributed by atoms with E-state index < -0.39 is 4.92 Å². The smallest absolute Gasteiger partial charge is 0.271 e. The van der Waals surface area contributed by atoms with Gasteiger partial charge in [-0.25, -0.2) is 10.1 Å². The zero-order chi connectivity index (χ0) is 21.5. The van der Waals surface area contributed by atoms with Gasteiger partial charge in [-0.1, -0.05) is 45.9 Å². The fourth-order valence-corrected chi connectivity index (χ4v) is 3.30. The van der Waals surface area contributed by atoms with Crippen molar-refractivity contribution in [1.82, 2.24) is 14.9 Å². The van der Waals surface area contributed by atoms with Crippen molar-refractivity contribution in [3.05, 3.63) is 68.7 Å². The van der Waals surface area contributed by atoms with Crippen molar-refractivity contribution in [2.24, 2.45) is 5.10 Å². The van der Waals surface area contributed by atoms with E-state index >= 15 is 0 Å². The summed E-state index contributed by atoms with van der Waals surface area (Å²) in [5, 5.41) is 25.5. The number of nitrogens with zero attached hydrogens (tertiary/aromatic N) is 5. The molecular weight excluding hydrogens is 476 g/mol. The Morgan fingerprint density at radius 2 is 2.10 bits per heavy atom. The SMILES string of the molecule is Nn1c(N/N=C/c2cccc(Br)c2)nnc1SCC(=O)Nc1cccc([N+](=O)[O-])c1. The first kappa shape index (κ1) is 21.3. The number of nitrogens with two attached hydrogens (primary N) is 1. The molecule has 0 fully saturated rings. The first-order valence-corrected chi connectivity index (χ1v) is 10.1. The van der Waals surface area contributed by atoms with E-state index in [9.17, 15) is 14.9 Å². The maximum atomic E-state index is 12.1. The van der Waals surface area contributed by atoms with Gasteiger partial charge in [0.05, 0.1) is 16.9 Å². The van der Waals surface area contributed by atoms with Crippen LogP contribution < -0.4 is 16.6 Å². The van der Waals surface area contributed by atoms with Crippen LogP contribution in [0.4, 0.5) is 17.3 Å². The lowest BCUT2D eigenvalue weighted by Gasteiger charge is -2.05. The number of nitro benzene ring substituents is 1. The molecule has 0 aliphatic rings. The lowest BCUT2D eigenvalue weighted by Crippen LogP contribution is -2.17. The third-order valence-corrected chi connectivity index (χ3v) is 5.00. The number of halogens is 1. The van der Waals surface area contributed by atoms with Crippen molar-refractivity contribution in [2.75, 3.05) is 22.3 Å². The van der Waals surface area contributed by atoms with Crippen molar-refractivity contribution in [3.63, 3.8) is 0 Å². The Kier molecular flexibility index (Phi) is 6.98. The van der Waals surface area contributed by atoms with E-state index in [1.807, 2.05) is 24.3 Å². The number of hydrogen-bond donors (Lipinski definition) is 3. The Balaban J connectivity index is 1.54. The summed E-state index contributed by atoms with van der Waals surface area (Å²) in [5.74, 6) is 5.73. The molecule has 4 N–H and O–H groups in total. The molecule has 0 aliphatic heterocycles. The topological polar surface area (TPSA) is 153 Å². The first-order chi connectivity index (χ1) is 14.4. The molecule has 154 valence electrons. The maximum absolute atomic E-state index is 12.1. The lowest BCUT2D eigenvalue weighted by atomic mass is 10.2. The molecule has 0 aliphatic carbocycles. The number of benzene rings is 2. The van der Waals surface area contributed by atoms with Crippen LogP contribution in [0.2, 0.25) is 0 Å². The van der Waals surface area contributed by atoms with Gasteiger partial charge in [0.15, 0.2) is 0 Å². The van der Waals surface area contributed by atoms with Crippen molar-refractivity contribution >= 4 is 57.1 Å². The van der Waals surface area contributed by atoms with E-state index in [2.05, 4.69) is 42.0 Å². The Bertz CT molecular complexity index is 1100. The normalized spacial score (nSPS) is 10.8. The molecule has 30 heavy (non-hydrogen) atoms. The van der Waals surface area contributed by atoms with E-state index in [0.29, 0.717) is 10.8 Å². The Hall–Kier alpha value is -3.45. The quantitative estimate of drug-likeness (QED) is 0.143. The molecule has 2 aromatic carbocycles. The molecule has 13 heteroatoms. The second kappa shape index (κ2) is 9.84. The summed E-state index contributed by atoms with van der Waals surface area (Å²) in [7, 11) is 0. The zero-order valence-electron chi connectivity index (χ0n) is 15.2. The van der Waals surface area contributed by atoms with Gasteiger partial charge in [0, 0.05) is 22.3 Å². The number of thioether (sulfide) groups is 1. The summed E-state index contributed by atoms with van der Waals surface area (Å²) in [4.78, 5) is 22.4. The van der Waals surface area contributed by atoms with Gasteiger partial charge in [-0.2, -0.15) is 5.10 Å². The number of amides is 1.